The van der Waals surface area contributed by atoms with Crippen LogP contribution in [0, 0.1) is 5.92 Å². The van der Waals surface area contributed by atoms with Gasteiger partial charge in [0, 0.05) is 29.5 Å². The lowest BCUT2D eigenvalue weighted by molar-refractivity contribution is -0.118. The summed E-state index contributed by atoms with van der Waals surface area (Å²) in [6, 6.07) is 8.36. The van der Waals surface area contributed by atoms with E-state index in [-0.39, 0.29) is 23.3 Å². The van der Waals surface area contributed by atoms with Gasteiger partial charge in [0.15, 0.2) is 0 Å². The summed E-state index contributed by atoms with van der Waals surface area (Å²) in [5.41, 5.74) is 0.545. The molecule has 0 fully saturated rings. The SMILES string of the molecule is C[C@H]1CSc2ccc(S(=O)(=O)NCCc3ccco3)cc2NC1=O. The van der Waals surface area contributed by atoms with Gasteiger partial charge in [0.1, 0.15) is 5.76 Å². The Morgan fingerprint density at radius 3 is 2.96 bits per heavy atom. The zero-order valence-electron chi connectivity index (χ0n) is 13.1. The molecule has 0 unspecified atom stereocenters. The molecule has 0 saturated heterocycles. The molecule has 1 aliphatic heterocycles. The molecule has 2 N–H and O–H groups in total. The predicted octanol–water partition coefficient (Wildman–Crippen LogP) is 2.48. The van der Waals surface area contributed by atoms with Crippen molar-refractivity contribution in [3.8, 4) is 0 Å². The van der Waals surface area contributed by atoms with Gasteiger partial charge in [-0.25, -0.2) is 13.1 Å². The molecule has 1 aliphatic rings. The number of fused-ring (bicyclic) bond motifs is 1. The number of hydrogen-bond donors (Lipinski definition) is 2. The Morgan fingerprint density at radius 1 is 1.38 bits per heavy atom. The minimum absolute atomic E-state index is 0.0958. The van der Waals surface area contributed by atoms with E-state index >= 15 is 0 Å². The average molecular weight is 366 g/mol. The Bertz CT molecular complexity index is 832. The molecule has 0 spiro atoms. The van der Waals surface area contributed by atoms with Crippen LogP contribution < -0.4 is 10.0 Å². The monoisotopic (exact) mass is 366 g/mol. The molecule has 2 aromatic rings. The molecular formula is C16H18N2O4S2. The topological polar surface area (TPSA) is 88.4 Å². The Hall–Kier alpha value is -1.77. The molecule has 6 nitrogen and oxygen atoms in total. The van der Waals surface area contributed by atoms with Gasteiger partial charge in [-0.1, -0.05) is 6.92 Å². The van der Waals surface area contributed by atoms with Crippen molar-refractivity contribution in [2.24, 2.45) is 5.92 Å². The molecule has 0 radical (unpaired) electrons. The minimum atomic E-state index is -3.64. The molecule has 0 bridgehead atoms. The summed E-state index contributed by atoms with van der Waals surface area (Å²) in [4.78, 5) is 13.0. The smallest absolute Gasteiger partial charge is 0.240 e. The second kappa shape index (κ2) is 7.00. The number of thioether (sulfide) groups is 1. The number of anilines is 1. The molecule has 128 valence electrons. The number of amides is 1. The zero-order chi connectivity index (χ0) is 17.2. The third-order valence-electron chi connectivity index (χ3n) is 3.70. The predicted molar refractivity (Wildman–Crippen MR) is 92.6 cm³/mol. The van der Waals surface area contributed by atoms with E-state index in [1.54, 1.807) is 42.3 Å². The number of carbonyl (C=O) groups excluding carboxylic acids is 1. The lowest BCUT2D eigenvalue weighted by Gasteiger charge is -2.10. The normalized spacial score (nSPS) is 17.9. The van der Waals surface area contributed by atoms with Gasteiger partial charge in [0.05, 0.1) is 16.8 Å². The van der Waals surface area contributed by atoms with Crippen LogP contribution in [0.25, 0.3) is 0 Å². The van der Waals surface area contributed by atoms with Crippen LogP contribution >= 0.6 is 11.8 Å². The van der Waals surface area contributed by atoms with Crippen molar-refractivity contribution in [1.82, 2.24) is 4.72 Å². The average Bonchev–Trinajstić information content (AvgIpc) is 3.01. The standard InChI is InChI=1S/C16H18N2O4S2/c1-11-10-23-15-5-4-13(9-14(15)18-16(11)19)24(20,21)17-7-6-12-3-2-8-22-12/h2-5,8-9,11,17H,6-7,10H2,1H3,(H,18,19)/t11-/m0/s1. The van der Waals surface area contributed by atoms with Crippen LogP contribution in [-0.4, -0.2) is 26.6 Å². The van der Waals surface area contributed by atoms with Gasteiger partial charge in [-0.3, -0.25) is 4.79 Å². The number of carbonyl (C=O) groups is 1. The summed E-state index contributed by atoms with van der Waals surface area (Å²) in [6.07, 6.45) is 2.03. The Labute approximate surface area is 145 Å². The van der Waals surface area contributed by atoms with Crippen LogP contribution in [0.15, 0.2) is 50.8 Å². The van der Waals surface area contributed by atoms with Gasteiger partial charge < -0.3 is 9.73 Å². The van der Waals surface area contributed by atoms with E-state index in [9.17, 15) is 13.2 Å². The zero-order valence-corrected chi connectivity index (χ0v) is 14.7. The van der Waals surface area contributed by atoms with Gasteiger partial charge in [-0.15, -0.1) is 11.8 Å². The van der Waals surface area contributed by atoms with E-state index in [1.807, 2.05) is 6.92 Å². The Balaban J connectivity index is 1.74. The van der Waals surface area contributed by atoms with Crippen LogP contribution in [0.4, 0.5) is 5.69 Å². The molecule has 1 amide bonds. The van der Waals surface area contributed by atoms with Gasteiger partial charge >= 0.3 is 0 Å². The van der Waals surface area contributed by atoms with Gasteiger partial charge in [-0.2, -0.15) is 0 Å². The van der Waals surface area contributed by atoms with Crippen LogP contribution in [0.1, 0.15) is 12.7 Å². The molecule has 8 heteroatoms. The summed E-state index contributed by atoms with van der Waals surface area (Å²) in [7, 11) is -3.64. The van der Waals surface area contributed by atoms with Crippen LogP contribution in [0.2, 0.25) is 0 Å². The maximum Gasteiger partial charge on any atom is 0.240 e. The summed E-state index contributed by atoms with van der Waals surface area (Å²) in [6.45, 7) is 2.09. The molecule has 1 atom stereocenters. The first-order valence-corrected chi connectivity index (χ1v) is 10.0. The number of furan rings is 1. The van der Waals surface area contributed by atoms with Gasteiger partial charge in [0.25, 0.3) is 0 Å². The highest BCUT2D eigenvalue weighted by Crippen LogP contribution is 2.34. The quantitative estimate of drug-likeness (QED) is 0.849. The molecule has 1 aromatic heterocycles. The van der Waals surface area contributed by atoms with Crippen LogP contribution in [-0.2, 0) is 21.2 Å². The van der Waals surface area contributed by atoms with Crippen molar-refractivity contribution in [3.63, 3.8) is 0 Å². The number of hydrogen-bond acceptors (Lipinski definition) is 5. The highest BCUT2D eigenvalue weighted by Gasteiger charge is 2.22. The number of rotatable bonds is 5. The van der Waals surface area contributed by atoms with Crippen molar-refractivity contribution < 1.29 is 17.6 Å². The number of sulfonamides is 1. The second-order valence-corrected chi connectivity index (χ2v) is 8.42. The first kappa shape index (κ1) is 17.1. The van der Waals surface area contributed by atoms with E-state index < -0.39 is 10.0 Å². The molecule has 3 rings (SSSR count). The number of nitrogens with one attached hydrogen (secondary N) is 2. The molecule has 24 heavy (non-hydrogen) atoms. The van der Waals surface area contributed by atoms with Crippen LogP contribution in [0.5, 0.6) is 0 Å². The minimum Gasteiger partial charge on any atom is -0.469 e. The van der Waals surface area contributed by atoms with Gasteiger partial charge in [-0.05, 0) is 30.3 Å². The van der Waals surface area contributed by atoms with Crippen molar-refractivity contribution in [2.45, 2.75) is 23.1 Å². The summed E-state index contributed by atoms with van der Waals surface area (Å²) < 4.78 is 32.6. The van der Waals surface area contributed by atoms with Crippen molar-refractivity contribution in [3.05, 3.63) is 42.4 Å². The van der Waals surface area contributed by atoms with Gasteiger partial charge in [0.2, 0.25) is 15.9 Å². The third-order valence-corrected chi connectivity index (χ3v) is 6.49. The van der Waals surface area contributed by atoms with Crippen molar-refractivity contribution in [2.75, 3.05) is 17.6 Å². The van der Waals surface area contributed by atoms with E-state index in [2.05, 4.69) is 10.0 Å². The largest absolute Gasteiger partial charge is 0.469 e. The van der Waals surface area contributed by atoms with E-state index in [4.69, 9.17) is 4.42 Å². The second-order valence-electron chi connectivity index (χ2n) is 5.59. The fourth-order valence-electron chi connectivity index (χ4n) is 2.29. The van der Waals surface area contributed by atoms with E-state index in [0.717, 1.165) is 10.7 Å². The fraction of sp³-hybridized carbons (Fsp3) is 0.312. The highest BCUT2D eigenvalue weighted by molar-refractivity contribution is 7.99. The fourth-order valence-corrected chi connectivity index (χ4v) is 4.36. The van der Waals surface area contributed by atoms with Crippen molar-refractivity contribution in [1.29, 1.82) is 0 Å². The summed E-state index contributed by atoms with van der Waals surface area (Å²) in [5, 5.41) is 2.80. The van der Waals surface area contributed by atoms with Crippen molar-refractivity contribution >= 4 is 33.4 Å². The first-order chi connectivity index (χ1) is 11.5. The van der Waals surface area contributed by atoms with E-state index in [0.29, 0.717) is 17.9 Å². The van der Waals surface area contributed by atoms with Crippen LogP contribution in [0.3, 0.4) is 0 Å². The molecular weight excluding hydrogens is 348 g/mol. The highest BCUT2D eigenvalue weighted by atomic mass is 32.2. The molecule has 0 saturated carbocycles. The third kappa shape index (κ3) is 3.82. The Kier molecular flexibility index (Phi) is 4.98. The van der Waals surface area contributed by atoms with E-state index in [1.165, 1.54) is 6.07 Å². The maximum atomic E-state index is 12.4. The summed E-state index contributed by atoms with van der Waals surface area (Å²) >= 11 is 1.55. The Morgan fingerprint density at radius 2 is 2.21 bits per heavy atom. The maximum absolute atomic E-state index is 12.4. The molecule has 1 aromatic carbocycles. The molecule has 0 aliphatic carbocycles. The number of benzene rings is 1. The lowest BCUT2D eigenvalue weighted by Crippen LogP contribution is -2.26. The summed E-state index contributed by atoms with van der Waals surface area (Å²) in [5.74, 6) is 1.18. The first-order valence-electron chi connectivity index (χ1n) is 7.55. The lowest BCUT2D eigenvalue weighted by atomic mass is 10.2. The molecule has 2 heterocycles.